The quantitative estimate of drug-likeness (QED) is 0.139. The van der Waals surface area contributed by atoms with E-state index in [4.69, 9.17) is 0 Å². The Morgan fingerprint density at radius 1 is 0.371 bits per heavy atom. The van der Waals surface area contributed by atoms with Gasteiger partial charge in [0.2, 0.25) is 0 Å². The molecular weight excluding hydrogens is 1150 g/mol. The normalized spacial score (nSPS) is 32.8. The molecular formula is C42H45EuF21O6. The van der Waals surface area contributed by atoms with Crippen molar-refractivity contribution in [2.75, 3.05) is 0 Å². The SMILES string of the molecule is CC1(C)[C@@H]2CC[C@@]1(C)C(=O)/C2=C(\O)C(F)(F)C(F)(F)C(F)(F)F.CC1(C)[C@@H]2CC[C@@]1(C)C(=O)/C2=C(\O)C(F)(F)C(F)(F)C(F)(F)F.CC1(C)[C@@H]2CC[C@@]1(C)C(=O)/C2=C(\O)C(F)(F)C(F)(F)C(F)(F)F.[Eu]. The van der Waals surface area contributed by atoms with E-state index >= 15 is 0 Å². The summed E-state index contributed by atoms with van der Waals surface area (Å²) < 4.78 is 271. The Balaban J connectivity index is 0.000000276. The fourth-order valence-corrected chi connectivity index (χ4v) is 10.9. The van der Waals surface area contributed by atoms with Crippen LogP contribution in [-0.2, 0) is 14.4 Å². The maximum atomic E-state index is 13.7. The van der Waals surface area contributed by atoms with E-state index in [9.17, 15) is 122 Å². The number of hydrogen-bond donors (Lipinski definition) is 3. The third-order valence-electron chi connectivity index (χ3n) is 16.9. The van der Waals surface area contributed by atoms with Gasteiger partial charge < -0.3 is 15.3 Å². The maximum absolute atomic E-state index is 13.7. The summed E-state index contributed by atoms with van der Waals surface area (Å²) in [5.74, 6) is -50.5. The number of ketones is 3. The summed E-state index contributed by atoms with van der Waals surface area (Å²) in [6.07, 6.45) is -18.3. The van der Waals surface area contributed by atoms with Crippen molar-refractivity contribution in [3.05, 3.63) is 34.0 Å². The van der Waals surface area contributed by atoms with Gasteiger partial charge in [-0.3, -0.25) is 14.4 Å². The summed E-state index contributed by atoms with van der Waals surface area (Å²) in [5.41, 5.74) is -9.29. The number of aliphatic hydroxyl groups is 3. The Kier molecular flexibility index (Phi) is 15.2. The van der Waals surface area contributed by atoms with Crippen molar-refractivity contribution in [1.82, 2.24) is 0 Å². The van der Waals surface area contributed by atoms with Crippen LogP contribution in [0.25, 0.3) is 0 Å². The van der Waals surface area contributed by atoms with E-state index in [1.54, 1.807) is 41.5 Å². The van der Waals surface area contributed by atoms with E-state index in [0.29, 0.717) is 19.3 Å². The summed E-state index contributed by atoms with van der Waals surface area (Å²) in [6, 6.07) is 0. The predicted octanol–water partition coefficient (Wildman–Crippen LogP) is 14.0. The second-order valence-corrected chi connectivity index (χ2v) is 20.6. The largest absolute Gasteiger partial charge is 0.506 e. The van der Waals surface area contributed by atoms with Crippen molar-refractivity contribution in [1.29, 1.82) is 0 Å². The zero-order valence-electron chi connectivity index (χ0n) is 37.9. The second-order valence-electron chi connectivity index (χ2n) is 20.6. The summed E-state index contributed by atoms with van der Waals surface area (Å²) in [6.45, 7) is 13.6. The zero-order chi connectivity index (χ0) is 54.7. The molecule has 6 atom stereocenters. The van der Waals surface area contributed by atoms with Crippen LogP contribution in [0.2, 0.25) is 0 Å². The molecule has 6 saturated carbocycles. The molecule has 70 heavy (non-hydrogen) atoms. The zero-order valence-corrected chi connectivity index (χ0v) is 40.3. The molecule has 1 radical (unpaired) electrons. The summed E-state index contributed by atoms with van der Waals surface area (Å²) >= 11 is 0. The molecule has 3 N–H and O–H groups in total. The molecule has 6 aliphatic rings. The van der Waals surface area contributed by atoms with Gasteiger partial charge in [-0.1, -0.05) is 62.3 Å². The Morgan fingerprint density at radius 2 is 0.529 bits per heavy atom. The van der Waals surface area contributed by atoms with E-state index in [2.05, 4.69) is 0 Å². The number of allylic oxidation sites excluding steroid dienone is 6. The number of fused-ring (bicyclic) bond motifs is 6. The van der Waals surface area contributed by atoms with Crippen molar-refractivity contribution >= 4 is 17.3 Å². The molecule has 6 nitrogen and oxygen atoms in total. The average molecular weight is 1200 g/mol. The number of aliphatic hydroxyl groups excluding tert-OH is 3. The number of Topliss-reactive ketones (excluding diaryl/α,β-unsaturated/α-hetero) is 3. The van der Waals surface area contributed by atoms with E-state index in [1.807, 2.05) is 0 Å². The number of hydrogen-bond acceptors (Lipinski definition) is 6. The topological polar surface area (TPSA) is 112 Å². The first kappa shape index (κ1) is 62.0. The smallest absolute Gasteiger partial charge is 0.460 e. The van der Waals surface area contributed by atoms with Crippen molar-refractivity contribution in [2.24, 2.45) is 50.2 Å². The minimum atomic E-state index is -6.56. The minimum Gasteiger partial charge on any atom is -0.506 e. The van der Waals surface area contributed by atoms with E-state index in [-0.39, 0.29) is 68.6 Å². The standard InChI is InChI=1S/3C14H15F7O2.Eu/c3*1-10(2)6-4-5-11(10,3)8(22)7(6)9(23)12(15,16)13(17,18)14(19,20)21;/h3*6,23H,4-5H2,1-3H3;/b3*9-7-;/t3*6-,11+;/m111./s1. The van der Waals surface area contributed by atoms with Gasteiger partial charge in [0.25, 0.3) is 0 Å². The molecule has 0 aliphatic heterocycles. The van der Waals surface area contributed by atoms with Crippen molar-refractivity contribution in [3.63, 3.8) is 0 Å². The van der Waals surface area contributed by atoms with Gasteiger partial charge in [0.05, 0.1) is 0 Å². The van der Waals surface area contributed by atoms with Gasteiger partial charge in [0, 0.05) is 82.3 Å². The fourth-order valence-electron chi connectivity index (χ4n) is 10.9. The van der Waals surface area contributed by atoms with Gasteiger partial charge in [-0.05, 0) is 72.5 Å². The number of alkyl halides is 21. The van der Waals surface area contributed by atoms with Crippen LogP contribution in [0.5, 0.6) is 0 Å². The molecule has 6 bridgehead atoms. The maximum Gasteiger partial charge on any atom is 0.460 e. The molecule has 403 valence electrons. The molecule has 0 unspecified atom stereocenters. The molecule has 0 saturated heterocycles. The monoisotopic (exact) mass is 1200 g/mol. The first-order valence-electron chi connectivity index (χ1n) is 20.5. The van der Waals surface area contributed by atoms with Crippen LogP contribution in [0.1, 0.15) is 101 Å². The van der Waals surface area contributed by atoms with Crippen LogP contribution in [-0.4, -0.2) is 86.7 Å². The van der Waals surface area contributed by atoms with Crippen molar-refractivity contribution < 1.29 is 171 Å². The Labute approximate surface area is 425 Å². The van der Waals surface area contributed by atoms with E-state index in [1.165, 1.54) is 20.8 Å². The Hall–Kier alpha value is -2.26. The number of halogens is 21. The number of carbonyl (C=O) groups is 3. The van der Waals surface area contributed by atoms with Gasteiger partial charge >= 0.3 is 54.1 Å². The average Bonchev–Trinajstić information content (AvgIpc) is 3.79. The minimum absolute atomic E-state index is 0. The first-order valence-corrected chi connectivity index (χ1v) is 20.5. The van der Waals surface area contributed by atoms with Crippen LogP contribution in [0.3, 0.4) is 0 Å². The van der Waals surface area contributed by atoms with Crippen LogP contribution in [0.15, 0.2) is 34.0 Å². The van der Waals surface area contributed by atoms with E-state index < -0.39 is 156 Å². The van der Waals surface area contributed by atoms with Crippen molar-refractivity contribution in [3.8, 4) is 0 Å². The molecule has 6 aliphatic carbocycles. The summed E-state index contributed by atoms with van der Waals surface area (Å²) in [4.78, 5) is 36.9. The number of carbonyl (C=O) groups excluding carboxylic acids is 3. The molecule has 0 spiro atoms. The molecule has 28 heteroatoms. The first-order chi connectivity index (χ1) is 30.1. The summed E-state index contributed by atoms with van der Waals surface area (Å²) in [5, 5.41) is 28.6. The molecule has 0 amide bonds. The summed E-state index contributed by atoms with van der Waals surface area (Å²) in [7, 11) is 0. The molecule has 0 aromatic rings. The Bertz CT molecular complexity index is 2020. The van der Waals surface area contributed by atoms with Crippen LogP contribution in [0, 0.1) is 99.6 Å². The van der Waals surface area contributed by atoms with Crippen LogP contribution >= 0.6 is 0 Å². The molecule has 0 aromatic heterocycles. The molecule has 0 aromatic carbocycles. The fraction of sp³-hybridized carbons (Fsp3) is 0.786. The molecule has 0 heterocycles. The van der Waals surface area contributed by atoms with E-state index in [0.717, 1.165) is 0 Å². The van der Waals surface area contributed by atoms with Gasteiger partial charge in [0.1, 0.15) is 0 Å². The van der Waals surface area contributed by atoms with Crippen LogP contribution in [0.4, 0.5) is 92.2 Å². The third-order valence-corrected chi connectivity index (χ3v) is 16.9. The van der Waals surface area contributed by atoms with Gasteiger partial charge in [-0.25, -0.2) is 0 Å². The predicted molar refractivity (Wildman–Crippen MR) is 196 cm³/mol. The van der Waals surface area contributed by atoms with Crippen LogP contribution < -0.4 is 0 Å². The van der Waals surface area contributed by atoms with Crippen molar-refractivity contribution in [2.45, 2.75) is 155 Å². The van der Waals surface area contributed by atoms with Gasteiger partial charge in [-0.2, -0.15) is 92.2 Å². The van der Waals surface area contributed by atoms with Gasteiger partial charge in [-0.15, -0.1) is 0 Å². The molecule has 6 fully saturated rings. The number of rotatable bonds is 6. The second kappa shape index (κ2) is 17.1. The molecule has 6 rings (SSSR count). The Morgan fingerprint density at radius 3 is 0.643 bits per heavy atom. The van der Waals surface area contributed by atoms with Gasteiger partial charge in [0.15, 0.2) is 34.6 Å². The third kappa shape index (κ3) is 7.90.